The van der Waals surface area contributed by atoms with Gasteiger partial charge in [-0.25, -0.2) is 0 Å². The Labute approximate surface area is 82.7 Å². The molecule has 14 heavy (non-hydrogen) atoms. The number of rotatable bonds is 2. The number of carbonyl (C=O) groups excluding carboxylic acids is 1. The molecule has 4 heteroatoms. The van der Waals surface area contributed by atoms with E-state index in [0.29, 0.717) is 18.7 Å². The Kier molecular flexibility index (Phi) is 2.35. The van der Waals surface area contributed by atoms with Crippen LogP contribution in [-0.4, -0.2) is 22.3 Å². The van der Waals surface area contributed by atoms with Crippen molar-refractivity contribution in [3.05, 3.63) is 24.0 Å². The van der Waals surface area contributed by atoms with E-state index in [1.165, 1.54) is 0 Å². The molecule has 74 valence electrons. The number of nitrogens with two attached hydrogens (primary N) is 1. The molecule has 2 heterocycles. The van der Waals surface area contributed by atoms with Crippen molar-refractivity contribution < 1.29 is 4.79 Å². The van der Waals surface area contributed by atoms with Crippen LogP contribution in [0.25, 0.3) is 0 Å². The van der Waals surface area contributed by atoms with Gasteiger partial charge in [0, 0.05) is 25.7 Å². The number of anilines is 1. The molecular weight excluding hydrogens is 178 g/mol. The van der Waals surface area contributed by atoms with Crippen molar-refractivity contribution in [2.75, 3.05) is 12.3 Å². The zero-order valence-electron chi connectivity index (χ0n) is 7.94. The molecule has 0 aliphatic carbocycles. The normalized spacial score (nSPS) is 16.3. The van der Waals surface area contributed by atoms with Crippen LogP contribution in [0.5, 0.6) is 0 Å². The molecule has 0 radical (unpaired) electrons. The first-order valence-corrected chi connectivity index (χ1v) is 4.73. The van der Waals surface area contributed by atoms with E-state index in [2.05, 4.69) is 4.98 Å². The van der Waals surface area contributed by atoms with Crippen LogP contribution in [0.1, 0.15) is 18.4 Å². The van der Waals surface area contributed by atoms with Crippen LogP contribution in [-0.2, 0) is 11.3 Å². The standard InChI is InChI=1S/C10H13N3O/c11-9-6-12-4-3-8(9)7-13-5-1-2-10(13)14/h3-4,6H,1-2,5,7,11H2. The van der Waals surface area contributed by atoms with Crippen LogP contribution in [0.2, 0.25) is 0 Å². The lowest BCUT2D eigenvalue weighted by Crippen LogP contribution is -2.24. The summed E-state index contributed by atoms with van der Waals surface area (Å²) in [5.74, 6) is 0.223. The van der Waals surface area contributed by atoms with E-state index in [9.17, 15) is 4.79 Å². The number of amides is 1. The Balaban J connectivity index is 2.10. The predicted molar refractivity (Wildman–Crippen MR) is 53.3 cm³/mol. The zero-order valence-corrected chi connectivity index (χ0v) is 7.94. The minimum absolute atomic E-state index is 0.223. The van der Waals surface area contributed by atoms with E-state index in [4.69, 9.17) is 5.73 Å². The van der Waals surface area contributed by atoms with Crippen molar-refractivity contribution in [1.29, 1.82) is 0 Å². The molecule has 4 nitrogen and oxygen atoms in total. The predicted octanol–water partition coefficient (Wildman–Crippen LogP) is 0.786. The summed E-state index contributed by atoms with van der Waals surface area (Å²) in [6.07, 6.45) is 4.96. The van der Waals surface area contributed by atoms with Crippen LogP contribution >= 0.6 is 0 Å². The molecule has 1 aromatic heterocycles. The fourth-order valence-electron chi connectivity index (χ4n) is 1.66. The number of hydrogen-bond donors (Lipinski definition) is 1. The Morgan fingerprint density at radius 2 is 2.43 bits per heavy atom. The van der Waals surface area contributed by atoms with E-state index in [-0.39, 0.29) is 5.91 Å². The van der Waals surface area contributed by atoms with Crippen LogP contribution < -0.4 is 5.73 Å². The van der Waals surface area contributed by atoms with Crippen LogP contribution in [0.4, 0.5) is 5.69 Å². The fourth-order valence-corrected chi connectivity index (χ4v) is 1.66. The minimum Gasteiger partial charge on any atom is -0.397 e. The van der Waals surface area contributed by atoms with Crippen LogP contribution in [0.15, 0.2) is 18.5 Å². The molecular formula is C10H13N3O. The van der Waals surface area contributed by atoms with E-state index >= 15 is 0 Å². The molecule has 0 unspecified atom stereocenters. The number of carbonyl (C=O) groups is 1. The van der Waals surface area contributed by atoms with Gasteiger partial charge in [-0.15, -0.1) is 0 Å². The summed E-state index contributed by atoms with van der Waals surface area (Å²) in [7, 11) is 0. The van der Waals surface area contributed by atoms with Gasteiger partial charge in [0.2, 0.25) is 5.91 Å². The van der Waals surface area contributed by atoms with Crippen LogP contribution in [0, 0.1) is 0 Å². The molecule has 1 aliphatic rings. The van der Waals surface area contributed by atoms with Gasteiger partial charge in [0.05, 0.1) is 11.9 Å². The lowest BCUT2D eigenvalue weighted by Gasteiger charge is -2.16. The molecule has 0 bridgehead atoms. The average Bonchev–Trinajstić information content (AvgIpc) is 2.56. The summed E-state index contributed by atoms with van der Waals surface area (Å²) in [5, 5.41) is 0. The maximum absolute atomic E-state index is 11.4. The summed E-state index contributed by atoms with van der Waals surface area (Å²) in [6, 6.07) is 1.86. The van der Waals surface area contributed by atoms with Gasteiger partial charge in [0.15, 0.2) is 0 Å². The number of hydrogen-bond acceptors (Lipinski definition) is 3. The summed E-state index contributed by atoms with van der Waals surface area (Å²) in [6.45, 7) is 1.47. The first-order chi connectivity index (χ1) is 6.77. The van der Waals surface area contributed by atoms with Gasteiger partial charge in [-0.05, 0) is 18.1 Å². The lowest BCUT2D eigenvalue weighted by molar-refractivity contribution is -0.128. The highest BCUT2D eigenvalue weighted by atomic mass is 16.2. The van der Waals surface area contributed by atoms with Crippen molar-refractivity contribution in [3.63, 3.8) is 0 Å². The van der Waals surface area contributed by atoms with Gasteiger partial charge < -0.3 is 10.6 Å². The number of pyridine rings is 1. The number of nitrogen functional groups attached to an aromatic ring is 1. The topological polar surface area (TPSA) is 59.2 Å². The van der Waals surface area contributed by atoms with Gasteiger partial charge in [0.1, 0.15) is 0 Å². The fraction of sp³-hybridized carbons (Fsp3) is 0.400. The maximum Gasteiger partial charge on any atom is 0.222 e. The molecule has 1 aromatic rings. The summed E-state index contributed by atoms with van der Waals surface area (Å²) in [4.78, 5) is 17.1. The summed E-state index contributed by atoms with van der Waals surface area (Å²) in [5.41, 5.74) is 7.38. The van der Waals surface area contributed by atoms with Crippen molar-refractivity contribution >= 4 is 11.6 Å². The monoisotopic (exact) mass is 191 g/mol. The first-order valence-electron chi connectivity index (χ1n) is 4.73. The molecule has 1 aliphatic heterocycles. The lowest BCUT2D eigenvalue weighted by atomic mass is 10.2. The van der Waals surface area contributed by atoms with Crippen LogP contribution in [0.3, 0.4) is 0 Å². The molecule has 1 saturated heterocycles. The van der Waals surface area contributed by atoms with Gasteiger partial charge in [0.25, 0.3) is 0 Å². The van der Waals surface area contributed by atoms with Gasteiger partial charge in [-0.2, -0.15) is 0 Å². The highest BCUT2D eigenvalue weighted by molar-refractivity contribution is 5.78. The molecule has 2 rings (SSSR count). The number of aromatic nitrogens is 1. The first kappa shape index (κ1) is 8.99. The van der Waals surface area contributed by atoms with E-state index in [0.717, 1.165) is 18.5 Å². The second kappa shape index (κ2) is 3.65. The molecule has 0 aromatic carbocycles. The second-order valence-electron chi connectivity index (χ2n) is 3.49. The molecule has 0 atom stereocenters. The smallest absolute Gasteiger partial charge is 0.222 e. The van der Waals surface area contributed by atoms with Gasteiger partial charge in [-0.3, -0.25) is 9.78 Å². The third-order valence-electron chi connectivity index (χ3n) is 2.48. The van der Waals surface area contributed by atoms with E-state index < -0.39 is 0 Å². The quantitative estimate of drug-likeness (QED) is 0.751. The number of nitrogens with zero attached hydrogens (tertiary/aromatic N) is 2. The molecule has 1 fully saturated rings. The third kappa shape index (κ3) is 1.69. The summed E-state index contributed by atoms with van der Waals surface area (Å²) < 4.78 is 0. The molecule has 0 spiro atoms. The highest BCUT2D eigenvalue weighted by Crippen LogP contribution is 2.17. The maximum atomic E-state index is 11.4. The zero-order chi connectivity index (χ0) is 9.97. The van der Waals surface area contributed by atoms with Crippen molar-refractivity contribution in [2.24, 2.45) is 0 Å². The summed E-state index contributed by atoms with van der Waals surface area (Å²) >= 11 is 0. The minimum atomic E-state index is 0.223. The largest absolute Gasteiger partial charge is 0.397 e. The highest BCUT2D eigenvalue weighted by Gasteiger charge is 2.20. The second-order valence-corrected chi connectivity index (χ2v) is 3.49. The Hall–Kier alpha value is -1.58. The van der Waals surface area contributed by atoms with Gasteiger partial charge >= 0.3 is 0 Å². The number of likely N-dealkylation sites (tertiary alicyclic amines) is 1. The van der Waals surface area contributed by atoms with Gasteiger partial charge in [-0.1, -0.05) is 0 Å². The Morgan fingerprint density at radius 3 is 3.07 bits per heavy atom. The van der Waals surface area contributed by atoms with Crippen molar-refractivity contribution in [3.8, 4) is 0 Å². The average molecular weight is 191 g/mol. The van der Waals surface area contributed by atoms with E-state index in [1.807, 2.05) is 11.0 Å². The van der Waals surface area contributed by atoms with E-state index in [1.54, 1.807) is 12.4 Å². The molecule has 2 N–H and O–H groups in total. The molecule has 0 saturated carbocycles. The van der Waals surface area contributed by atoms with Crippen molar-refractivity contribution in [2.45, 2.75) is 19.4 Å². The third-order valence-corrected chi connectivity index (χ3v) is 2.48. The Morgan fingerprint density at radius 1 is 1.57 bits per heavy atom. The molecule has 1 amide bonds. The van der Waals surface area contributed by atoms with Crippen molar-refractivity contribution in [1.82, 2.24) is 9.88 Å². The SMILES string of the molecule is Nc1cnccc1CN1CCCC1=O. The Bertz CT molecular complexity index is 351.